The molecular formula is C50H59ClF6N8O6S2. The van der Waals surface area contributed by atoms with E-state index in [1.54, 1.807) is 35.3 Å². The molecule has 2 aliphatic carbocycles. The van der Waals surface area contributed by atoms with Gasteiger partial charge in [0.15, 0.2) is 0 Å². The average Bonchev–Trinajstić information content (AvgIpc) is 3.89. The van der Waals surface area contributed by atoms with E-state index in [1.165, 1.54) is 24.3 Å². The molecule has 0 aliphatic heterocycles. The largest absolute Gasteiger partial charge is 0.438 e. The predicted molar refractivity (Wildman–Crippen MR) is 268 cm³/mol. The van der Waals surface area contributed by atoms with Crippen LogP contribution in [0.2, 0.25) is 0 Å². The molecule has 0 spiro atoms. The van der Waals surface area contributed by atoms with Crippen molar-refractivity contribution in [2.45, 2.75) is 129 Å². The number of rotatable bonds is 16. The topological polar surface area (TPSA) is 184 Å². The number of benzene rings is 4. The van der Waals surface area contributed by atoms with Gasteiger partial charge in [0.2, 0.25) is 11.8 Å². The zero-order chi connectivity index (χ0) is 53.6. The number of ether oxygens (including phenoxy) is 2. The molecule has 2 aliphatic rings. The molecule has 2 saturated carbocycles. The summed E-state index contributed by atoms with van der Waals surface area (Å²) < 4.78 is 145. The number of aromatic nitrogens is 4. The van der Waals surface area contributed by atoms with Crippen LogP contribution in [-0.4, -0.2) is 48.5 Å². The van der Waals surface area contributed by atoms with E-state index in [-0.39, 0.29) is 29.5 Å². The molecule has 4 aromatic carbocycles. The molecular weight excluding hydrogens is 1020 g/mol. The van der Waals surface area contributed by atoms with Gasteiger partial charge in [-0.15, -0.1) is 10.2 Å². The smallest absolute Gasteiger partial charge is 0.416 e. The van der Waals surface area contributed by atoms with Crippen LogP contribution in [0.5, 0.6) is 23.3 Å². The van der Waals surface area contributed by atoms with Gasteiger partial charge >= 0.3 is 12.4 Å². The van der Waals surface area contributed by atoms with Crippen molar-refractivity contribution in [3.05, 3.63) is 131 Å². The standard InChI is InChI=1S/C25H29F3N4O3S.C21H22F3N3O.C4H8ClNO2S/c1-4-32-22(16-23(29-32)35-21-13-11-18(12-14-21)25(26,27)28)17-7-5-8-19(15-17)24(2,3)31-36(33,34)30-20-9-6-10-20;1-4-27-18(14-6-5-7-16(12-14)20(2,3)25)13-19(26-27)28-17-10-8-15(9-11-17)21(22,23)24;5-9(7,8)6-4-2-1-3-4/h5,7-8,11-16,20,30-31H,4,6,9-10H2,1-3H3;5-13H,4,25H2,1-3H3;4,6H,1-3H2. The highest BCUT2D eigenvalue weighted by molar-refractivity contribution is 8.12. The van der Waals surface area contributed by atoms with Crippen LogP contribution in [0.15, 0.2) is 109 Å². The molecule has 0 saturated heterocycles. The van der Waals surface area contributed by atoms with Gasteiger partial charge in [0.1, 0.15) is 11.5 Å². The molecule has 73 heavy (non-hydrogen) atoms. The summed E-state index contributed by atoms with van der Waals surface area (Å²) in [5.41, 5.74) is 8.40. The number of hydrogen-bond donors (Lipinski definition) is 4. The van der Waals surface area contributed by atoms with E-state index in [0.29, 0.717) is 19.0 Å². The van der Waals surface area contributed by atoms with Crippen LogP contribution < -0.4 is 29.4 Å². The van der Waals surface area contributed by atoms with Crippen molar-refractivity contribution < 1.29 is 52.7 Å². The van der Waals surface area contributed by atoms with Gasteiger partial charge in [-0.25, -0.2) is 0 Å². The van der Waals surface area contributed by atoms with Crippen LogP contribution in [0.3, 0.4) is 0 Å². The van der Waals surface area contributed by atoms with Crippen molar-refractivity contribution in [1.29, 1.82) is 0 Å². The van der Waals surface area contributed by atoms with Crippen LogP contribution >= 0.6 is 10.7 Å². The van der Waals surface area contributed by atoms with E-state index in [4.69, 9.17) is 25.9 Å². The Labute approximate surface area is 426 Å². The van der Waals surface area contributed by atoms with E-state index >= 15 is 0 Å². The van der Waals surface area contributed by atoms with Crippen molar-refractivity contribution in [2.24, 2.45) is 5.73 Å². The molecule has 0 atom stereocenters. The van der Waals surface area contributed by atoms with Crippen LogP contribution in [0.25, 0.3) is 22.5 Å². The van der Waals surface area contributed by atoms with Gasteiger partial charge < -0.3 is 15.2 Å². The number of hydrogen-bond acceptors (Lipinski definition) is 9. The van der Waals surface area contributed by atoms with E-state index in [0.717, 1.165) is 96.4 Å². The minimum atomic E-state index is -4.42. The fourth-order valence-electron chi connectivity index (χ4n) is 7.54. The molecule has 2 aromatic heterocycles. The maximum atomic E-state index is 12.8. The van der Waals surface area contributed by atoms with Crippen molar-refractivity contribution in [3.63, 3.8) is 0 Å². The Bertz CT molecular complexity index is 3020. The second-order valence-electron chi connectivity index (χ2n) is 18.7. The summed E-state index contributed by atoms with van der Waals surface area (Å²) in [6.07, 6.45) is -3.15. The van der Waals surface area contributed by atoms with E-state index in [1.807, 2.05) is 76.2 Å². The number of nitrogens with one attached hydrogen (secondary N) is 3. The molecule has 0 radical (unpaired) electrons. The number of alkyl halides is 6. The molecule has 14 nitrogen and oxygen atoms in total. The minimum absolute atomic E-state index is 0.0216. The first-order chi connectivity index (χ1) is 34.0. The normalized spacial score (nSPS) is 14.8. The summed E-state index contributed by atoms with van der Waals surface area (Å²) in [6.45, 7) is 12.5. The van der Waals surface area contributed by atoms with Crippen molar-refractivity contribution in [1.82, 2.24) is 33.7 Å². The Balaban J connectivity index is 0.000000207. The Hall–Kier alpha value is -5.49. The van der Waals surface area contributed by atoms with Gasteiger partial charge in [0.25, 0.3) is 19.4 Å². The zero-order valence-electron chi connectivity index (χ0n) is 41.0. The first kappa shape index (κ1) is 56.8. The monoisotopic (exact) mass is 1080 g/mol. The van der Waals surface area contributed by atoms with Crippen molar-refractivity contribution in [2.75, 3.05) is 0 Å². The van der Waals surface area contributed by atoms with E-state index in [9.17, 15) is 43.2 Å². The van der Waals surface area contributed by atoms with E-state index in [2.05, 4.69) is 24.4 Å². The predicted octanol–water partition coefficient (Wildman–Crippen LogP) is 11.8. The molecule has 5 N–H and O–H groups in total. The van der Waals surface area contributed by atoms with Gasteiger partial charge in [-0.2, -0.15) is 57.3 Å². The van der Waals surface area contributed by atoms with Gasteiger partial charge in [-0.05, 0) is 139 Å². The molecule has 2 heterocycles. The van der Waals surface area contributed by atoms with E-state index < -0.39 is 54.0 Å². The van der Waals surface area contributed by atoms with Crippen LogP contribution in [0.4, 0.5) is 26.3 Å². The summed E-state index contributed by atoms with van der Waals surface area (Å²) in [7, 11) is -2.25. The molecule has 0 unspecified atom stereocenters. The second-order valence-corrected chi connectivity index (χ2v) is 22.4. The first-order valence-corrected chi connectivity index (χ1v) is 27.2. The minimum Gasteiger partial charge on any atom is -0.438 e. The lowest BCUT2D eigenvalue weighted by Gasteiger charge is -2.31. The Morgan fingerprint density at radius 3 is 1.34 bits per heavy atom. The van der Waals surface area contributed by atoms with Gasteiger partial charge in [-0.3, -0.25) is 9.36 Å². The Morgan fingerprint density at radius 1 is 0.603 bits per heavy atom. The van der Waals surface area contributed by atoms with Gasteiger partial charge in [0.05, 0.1) is 28.1 Å². The zero-order valence-corrected chi connectivity index (χ0v) is 43.4. The number of halogens is 7. The quantitative estimate of drug-likeness (QED) is 0.0541. The number of nitrogens with zero attached hydrogens (tertiary/aromatic N) is 4. The third-order valence-corrected chi connectivity index (χ3v) is 14.2. The lowest BCUT2D eigenvalue weighted by atomic mass is 9.93. The maximum Gasteiger partial charge on any atom is 0.416 e. The summed E-state index contributed by atoms with van der Waals surface area (Å²) in [5, 5.41) is 8.83. The second kappa shape index (κ2) is 23.0. The fourth-order valence-corrected chi connectivity index (χ4v) is 10.1. The van der Waals surface area contributed by atoms with Crippen LogP contribution in [0, 0.1) is 0 Å². The highest BCUT2D eigenvalue weighted by Gasteiger charge is 2.33. The summed E-state index contributed by atoms with van der Waals surface area (Å²) in [4.78, 5) is 0. The molecule has 6 aromatic rings. The summed E-state index contributed by atoms with van der Waals surface area (Å²) in [5.74, 6) is 1.08. The Kier molecular flexibility index (Phi) is 17.9. The molecule has 23 heteroatoms. The third-order valence-electron chi connectivity index (χ3n) is 11.9. The first-order valence-electron chi connectivity index (χ1n) is 23.4. The molecule has 8 rings (SSSR count). The molecule has 396 valence electrons. The van der Waals surface area contributed by atoms with Crippen LogP contribution in [-0.2, 0) is 56.0 Å². The number of nitrogens with two attached hydrogens (primary N) is 1. The highest BCUT2D eigenvalue weighted by Crippen LogP contribution is 2.36. The van der Waals surface area contributed by atoms with Crippen molar-refractivity contribution in [3.8, 4) is 45.8 Å². The SMILES string of the molecule is CCn1nc(Oc2ccc(C(F)(F)F)cc2)cc1-c1cccc(C(C)(C)N)c1.CCn1nc(Oc2ccc(C(F)(F)F)cc2)cc1-c1cccc(C(C)(C)NS(=O)(=O)NC2CCC2)c1.O=S(=O)(Cl)NC1CCC1. The molecule has 2 fully saturated rings. The lowest BCUT2D eigenvalue weighted by molar-refractivity contribution is -0.138. The van der Waals surface area contributed by atoms with Crippen molar-refractivity contribution >= 4 is 30.1 Å². The maximum absolute atomic E-state index is 12.8. The van der Waals surface area contributed by atoms with Gasteiger partial charge in [-0.1, -0.05) is 49.2 Å². The van der Waals surface area contributed by atoms with Crippen LogP contribution in [0.1, 0.15) is 102 Å². The third kappa shape index (κ3) is 16.3. The highest BCUT2D eigenvalue weighted by atomic mass is 35.7. The fraction of sp³-hybridized carbons (Fsp3) is 0.400. The Morgan fingerprint density at radius 2 is 1.00 bits per heavy atom. The lowest BCUT2D eigenvalue weighted by Crippen LogP contribution is -2.51. The molecule has 0 amide bonds. The average molecular weight is 1080 g/mol. The summed E-state index contributed by atoms with van der Waals surface area (Å²) >= 11 is 0. The van der Waals surface area contributed by atoms with Gasteiger partial charge in [0, 0.05) is 64.7 Å². The number of aryl methyl sites for hydroxylation is 2. The summed E-state index contributed by atoms with van der Waals surface area (Å²) in [6, 6.07) is 27.8. The molecule has 0 bridgehead atoms.